The Balaban J connectivity index is 4.36. The number of rotatable bonds is 4. The van der Waals surface area contributed by atoms with E-state index in [0.29, 0.717) is 0 Å². The third-order valence-corrected chi connectivity index (χ3v) is 1.68. The average Bonchev–Trinajstić information content (AvgIpc) is 1.81. The first-order valence-electron chi connectivity index (χ1n) is 3.42. The topological polar surface area (TPSA) is 49.4 Å². The van der Waals surface area contributed by atoms with E-state index in [0.717, 1.165) is 0 Å². The van der Waals surface area contributed by atoms with Crippen molar-refractivity contribution in [3.8, 4) is 0 Å². The lowest BCUT2D eigenvalue weighted by molar-refractivity contribution is -0.248. The summed E-state index contributed by atoms with van der Waals surface area (Å²) in [5, 5.41) is 0. The van der Waals surface area contributed by atoms with Gasteiger partial charge in [-0.25, -0.2) is 0 Å². The predicted molar refractivity (Wildman–Crippen MR) is 34.6 cm³/mol. The number of hydrogen-bond donors (Lipinski definition) is 0. The van der Waals surface area contributed by atoms with Gasteiger partial charge in [-0.05, 0) is 6.42 Å². The fraction of sp³-hybridized carbons (Fsp3) is 1.00. The van der Waals surface area contributed by atoms with Crippen molar-refractivity contribution in [2.75, 3.05) is 0 Å². The molecule has 0 saturated heterocycles. The molecule has 0 amide bonds. The van der Waals surface area contributed by atoms with E-state index in [4.69, 9.17) is 0 Å². The van der Waals surface area contributed by atoms with Gasteiger partial charge in [0, 0.05) is 0 Å². The van der Waals surface area contributed by atoms with Crippen molar-refractivity contribution in [3.05, 3.63) is 0 Å². The minimum atomic E-state index is -5.82. The Hall–Kier alpha value is -0.130. The monoisotopic (exact) mass is 223 g/mol. The molecule has 0 aromatic heterocycles. The van der Waals surface area contributed by atoms with Gasteiger partial charge < -0.3 is 9.42 Å². The van der Waals surface area contributed by atoms with Gasteiger partial charge in [0.25, 0.3) is 0 Å². The van der Waals surface area contributed by atoms with Gasteiger partial charge in [-0.1, -0.05) is 13.3 Å². The molecule has 0 aliphatic heterocycles. The summed E-state index contributed by atoms with van der Waals surface area (Å²) in [6.07, 6.45) is -7.97. The van der Waals surface area contributed by atoms with Crippen LogP contribution in [0.4, 0.5) is 17.4 Å². The molecule has 0 aliphatic carbocycles. The molecule has 0 bridgehead atoms. The van der Waals surface area contributed by atoms with E-state index in [1.54, 1.807) is 0 Å². The molecule has 0 saturated carbocycles. The van der Waals surface area contributed by atoms with Crippen LogP contribution in [0.2, 0.25) is 0 Å². The maximum atomic E-state index is 11.9. The van der Waals surface area contributed by atoms with Crippen LogP contribution in [0, 0.1) is 0 Å². The normalized spacial score (nSPS) is 19.5. The van der Waals surface area contributed by atoms with Gasteiger partial charge in [0.1, 0.15) is 0 Å². The van der Waals surface area contributed by atoms with E-state index in [9.17, 15) is 26.8 Å². The van der Waals surface area contributed by atoms with Crippen molar-refractivity contribution in [1.29, 1.82) is 0 Å². The van der Waals surface area contributed by atoms with Crippen LogP contribution in [0.5, 0.6) is 0 Å². The van der Waals surface area contributed by atoms with Gasteiger partial charge in [0.05, 0.1) is 0 Å². The van der Waals surface area contributed by atoms with E-state index in [2.05, 4.69) is 4.52 Å². The molecular formula is C5H8F4O3P-. The molecule has 3 nitrogen and oxygen atoms in total. The molecule has 0 aromatic carbocycles. The number of alkyl halides is 3. The van der Waals surface area contributed by atoms with Gasteiger partial charge in [-0.3, -0.25) is 4.57 Å². The maximum absolute atomic E-state index is 11.9. The van der Waals surface area contributed by atoms with E-state index in [1.807, 2.05) is 0 Å². The van der Waals surface area contributed by atoms with Gasteiger partial charge in [0.2, 0.25) is 0 Å². The Morgan fingerprint density at radius 1 is 1.54 bits per heavy atom. The molecule has 2 unspecified atom stereocenters. The second-order valence-corrected chi connectivity index (χ2v) is 3.43. The van der Waals surface area contributed by atoms with Crippen molar-refractivity contribution in [2.24, 2.45) is 0 Å². The lowest BCUT2D eigenvalue weighted by Gasteiger charge is -2.23. The summed E-state index contributed by atoms with van der Waals surface area (Å²) >= 11 is 0. The summed E-state index contributed by atoms with van der Waals surface area (Å²) in [5.41, 5.74) is 0. The first kappa shape index (κ1) is 12.9. The molecule has 0 spiro atoms. The smallest absolute Gasteiger partial charge is 0.415 e. The second kappa shape index (κ2) is 4.39. The zero-order valence-corrected chi connectivity index (χ0v) is 7.57. The Morgan fingerprint density at radius 3 is 2.23 bits per heavy atom. The fourth-order valence-corrected chi connectivity index (χ4v) is 1.22. The standard InChI is InChI=1S/C5H9F4O3P/c1-2-3-4(5(6,7)8)12-13(9,10)11/h4H,2-3H2,1H3,(H,10,11)/p-1. The first-order valence-corrected chi connectivity index (χ1v) is 4.86. The quantitative estimate of drug-likeness (QED) is 0.542. The summed E-state index contributed by atoms with van der Waals surface area (Å²) in [6.45, 7) is 1.40. The molecule has 0 aliphatic rings. The fourth-order valence-electron chi connectivity index (χ4n) is 0.690. The lowest BCUT2D eigenvalue weighted by Crippen LogP contribution is -2.31. The summed E-state index contributed by atoms with van der Waals surface area (Å²) in [6, 6.07) is 0. The van der Waals surface area contributed by atoms with Gasteiger partial charge in [0.15, 0.2) is 6.10 Å². The highest BCUT2D eigenvalue weighted by Gasteiger charge is 2.42. The van der Waals surface area contributed by atoms with Crippen LogP contribution >= 0.6 is 7.91 Å². The molecular weight excluding hydrogens is 215 g/mol. The molecule has 8 heteroatoms. The minimum absolute atomic E-state index is 0.0458. The highest BCUT2D eigenvalue weighted by molar-refractivity contribution is 7.45. The second-order valence-electron chi connectivity index (χ2n) is 2.35. The number of hydrogen-bond acceptors (Lipinski definition) is 3. The van der Waals surface area contributed by atoms with Crippen LogP contribution in [0.1, 0.15) is 19.8 Å². The van der Waals surface area contributed by atoms with Crippen molar-refractivity contribution < 1.29 is 31.4 Å². The molecule has 2 atom stereocenters. The Morgan fingerprint density at radius 2 is 2.00 bits per heavy atom. The van der Waals surface area contributed by atoms with Crippen molar-refractivity contribution in [1.82, 2.24) is 0 Å². The zero-order valence-electron chi connectivity index (χ0n) is 6.68. The molecule has 80 valence electrons. The molecule has 0 rings (SSSR count). The van der Waals surface area contributed by atoms with Crippen LogP contribution < -0.4 is 4.89 Å². The van der Waals surface area contributed by atoms with Crippen molar-refractivity contribution in [2.45, 2.75) is 32.0 Å². The predicted octanol–water partition coefficient (Wildman–Crippen LogP) is 2.17. The first-order chi connectivity index (χ1) is 5.67. The van der Waals surface area contributed by atoms with Gasteiger partial charge in [-0.15, -0.1) is 0 Å². The van der Waals surface area contributed by atoms with Crippen molar-refractivity contribution >= 4 is 7.91 Å². The van der Waals surface area contributed by atoms with Crippen LogP contribution in [0.15, 0.2) is 0 Å². The van der Waals surface area contributed by atoms with Gasteiger partial charge >= 0.3 is 14.1 Å². The highest BCUT2D eigenvalue weighted by Crippen LogP contribution is 2.44. The molecule has 0 aromatic rings. The molecule has 0 heterocycles. The minimum Gasteiger partial charge on any atom is -0.753 e. The number of halogens is 4. The van der Waals surface area contributed by atoms with Crippen LogP contribution in [0.3, 0.4) is 0 Å². The van der Waals surface area contributed by atoms with E-state index in [1.165, 1.54) is 6.92 Å². The van der Waals surface area contributed by atoms with Crippen LogP contribution in [-0.4, -0.2) is 12.3 Å². The average molecular weight is 223 g/mol. The molecule has 0 fully saturated rings. The summed E-state index contributed by atoms with van der Waals surface area (Å²) in [5.74, 6) is 0. The molecule has 0 radical (unpaired) electrons. The highest BCUT2D eigenvalue weighted by atomic mass is 31.2. The summed E-state index contributed by atoms with van der Waals surface area (Å²) < 4.78 is 60.5. The van der Waals surface area contributed by atoms with E-state index >= 15 is 0 Å². The lowest BCUT2D eigenvalue weighted by atomic mass is 10.2. The van der Waals surface area contributed by atoms with Crippen LogP contribution in [0.25, 0.3) is 0 Å². The van der Waals surface area contributed by atoms with E-state index in [-0.39, 0.29) is 6.42 Å². The molecule has 13 heavy (non-hydrogen) atoms. The Kier molecular flexibility index (Phi) is 4.35. The summed E-state index contributed by atoms with van der Waals surface area (Å²) in [4.78, 5) is 9.80. The third kappa shape index (κ3) is 6.01. The zero-order chi connectivity index (χ0) is 10.7. The van der Waals surface area contributed by atoms with E-state index < -0.39 is 26.6 Å². The maximum Gasteiger partial charge on any atom is 0.415 e. The largest absolute Gasteiger partial charge is 0.753 e. The SMILES string of the molecule is CCCC(OP(=O)([O-])F)C(F)(F)F. The molecule has 0 N–H and O–H groups in total. The van der Waals surface area contributed by atoms with Crippen LogP contribution in [-0.2, 0) is 9.09 Å². The Bertz CT molecular complexity index is 198. The third-order valence-electron chi connectivity index (χ3n) is 1.17. The van der Waals surface area contributed by atoms with Gasteiger partial charge in [-0.2, -0.15) is 17.4 Å². The van der Waals surface area contributed by atoms with Crippen molar-refractivity contribution in [3.63, 3.8) is 0 Å². The summed E-state index contributed by atoms with van der Waals surface area (Å²) in [7, 11) is -5.82. The Labute approximate surface area is 72.4 Å².